The summed E-state index contributed by atoms with van der Waals surface area (Å²) in [5.41, 5.74) is 19.0. The van der Waals surface area contributed by atoms with Crippen molar-refractivity contribution in [2.45, 2.75) is 38.5 Å². The van der Waals surface area contributed by atoms with Crippen LogP contribution in [-0.4, -0.2) is 9.13 Å². The van der Waals surface area contributed by atoms with Gasteiger partial charge in [0.05, 0.1) is 11.2 Å². The van der Waals surface area contributed by atoms with E-state index in [0.717, 1.165) is 30.6 Å². The summed E-state index contributed by atoms with van der Waals surface area (Å²) < 4.78 is 4.68. The molecule has 2 aromatic heterocycles. The lowest BCUT2D eigenvalue weighted by molar-refractivity contribution is 0.490. The van der Waals surface area contributed by atoms with Gasteiger partial charge in [0.1, 0.15) is 0 Å². The molecule has 0 saturated carbocycles. The molecule has 0 fully saturated rings. The molecule has 12 rings (SSSR count). The van der Waals surface area contributed by atoms with Crippen LogP contribution in [0.5, 0.6) is 0 Å². The first-order valence-electron chi connectivity index (χ1n) is 23.2. The van der Waals surface area contributed by atoms with Crippen LogP contribution in [0.25, 0.3) is 77.2 Å². The van der Waals surface area contributed by atoms with Gasteiger partial charge in [-0.1, -0.05) is 166 Å². The van der Waals surface area contributed by atoms with Crippen LogP contribution in [0.4, 0.5) is 17.1 Å². The van der Waals surface area contributed by atoms with Crippen LogP contribution in [0, 0.1) is 0 Å². The molecule has 0 radical (unpaired) electrons. The van der Waals surface area contributed by atoms with Gasteiger partial charge in [0.15, 0.2) is 0 Å². The summed E-state index contributed by atoms with van der Waals surface area (Å²) in [5, 5.41) is 7.72. The summed E-state index contributed by atoms with van der Waals surface area (Å²) >= 11 is 0. The van der Waals surface area contributed by atoms with Crippen molar-refractivity contribution < 1.29 is 0 Å². The van der Waals surface area contributed by atoms with Gasteiger partial charge in [-0.2, -0.15) is 0 Å². The Morgan fingerprint density at radius 3 is 1.72 bits per heavy atom. The Bertz CT molecular complexity index is 3670. The Kier molecular flexibility index (Phi) is 9.17. The van der Waals surface area contributed by atoms with Crippen LogP contribution in [0.15, 0.2) is 194 Å². The van der Waals surface area contributed by atoms with E-state index in [1.54, 1.807) is 0 Å². The minimum atomic E-state index is -0.165. The van der Waals surface area contributed by atoms with Gasteiger partial charge in [-0.05, 0) is 118 Å². The highest BCUT2D eigenvalue weighted by Gasteiger charge is 2.42. The first-order valence-corrected chi connectivity index (χ1v) is 23.2. The van der Waals surface area contributed by atoms with Crippen molar-refractivity contribution in [3.8, 4) is 11.1 Å². The van der Waals surface area contributed by atoms with Crippen molar-refractivity contribution in [1.29, 1.82) is 0 Å². The zero-order chi connectivity index (χ0) is 43.8. The number of rotatable bonds is 9. The molecule has 3 heteroatoms. The molecule has 0 N–H and O–H groups in total. The van der Waals surface area contributed by atoms with Crippen molar-refractivity contribution >= 4 is 83.1 Å². The summed E-state index contributed by atoms with van der Waals surface area (Å²) in [7, 11) is 4.38. The maximum Gasteiger partial charge on any atom is 0.0543 e. The average molecular weight is 838 g/mol. The number of benzene rings is 9. The lowest BCUT2D eigenvalue weighted by atomic mass is 9.73. The molecular weight excluding hydrogens is 787 g/mol. The van der Waals surface area contributed by atoms with E-state index in [0.29, 0.717) is 0 Å². The minimum Gasteiger partial charge on any atom is -0.344 e. The second-order valence-corrected chi connectivity index (χ2v) is 18.0. The van der Waals surface area contributed by atoms with Crippen molar-refractivity contribution in [3.63, 3.8) is 0 Å². The fourth-order valence-corrected chi connectivity index (χ4v) is 11.5. The molecule has 0 aliphatic heterocycles. The molecule has 3 nitrogen and oxygen atoms in total. The van der Waals surface area contributed by atoms with Gasteiger partial charge in [-0.15, -0.1) is 0 Å². The average Bonchev–Trinajstić information content (AvgIpc) is 3.93. The van der Waals surface area contributed by atoms with Gasteiger partial charge < -0.3 is 14.0 Å². The first-order chi connectivity index (χ1) is 32.0. The third-order valence-electron chi connectivity index (χ3n) is 14.8. The van der Waals surface area contributed by atoms with Gasteiger partial charge in [0.25, 0.3) is 0 Å². The fourth-order valence-electron chi connectivity index (χ4n) is 11.5. The maximum absolute atomic E-state index is 2.55. The fraction of sp³-hybridized carbons (Fsp3) is 0.129. The third kappa shape index (κ3) is 6.02. The minimum absolute atomic E-state index is 0.165. The van der Waals surface area contributed by atoms with Gasteiger partial charge in [-0.3, -0.25) is 0 Å². The largest absolute Gasteiger partial charge is 0.344 e. The highest BCUT2D eigenvalue weighted by atomic mass is 15.1. The number of aryl methyl sites for hydroxylation is 2. The normalized spacial score (nSPS) is 13.3. The molecule has 9 aromatic carbocycles. The van der Waals surface area contributed by atoms with Gasteiger partial charge in [0, 0.05) is 74.4 Å². The Morgan fingerprint density at radius 2 is 1.05 bits per heavy atom. The van der Waals surface area contributed by atoms with E-state index < -0.39 is 0 Å². The monoisotopic (exact) mass is 837 g/mol. The third-order valence-corrected chi connectivity index (χ3v) is 14.8. The number of hydrogen-bond acceptors (Lipinski definition) is 1. The second-order valence-electron chi connectivity index (χ2n) is 18.0. The molecule has 65 heavy (non-hydrogen) atoms. The van der Waals surface area contributed by atoms with Crippen LogP contribution >= 0.6 is 0 Å². The van der Waals surface area contributed by atoms with Gasteiger partial charge >= 0.3 is 0 Å². The lowest BCUT2D eigenvalue weighted by Crippen LogP contribution is -2.23. The number of fused-ring (bicyclic) bond motifs is 11. The summed E-state index contributed by atoms with van der Waals surface area (Å²) in [6, 6.07) is 72.4. The first kappa shape index (κ1) is 39.0. The maximum atomic E-state index is 2.55. The molecule has 1 aliphatic rings. The van der Waals surface area contributed by atoms with Gasteiger partial charge in [-0.25, -0.2) is 0 Å². The number of para-hydroxylation sites is 3. The van der Waals surface area contributed by atoms with E-state index >= 15 is 0 Å². The molecule has 11 aromatic rings. The molecule has 1 aliphatic carbocycles. The van der Waals surface area contributed by atoms with Crippen molar-refractivity contribution in [2.24, 2.45) is 14.1 Å². The molecular formula is C62H51N3. The molecule has 0 spiro atoms. The number of hydrogen-bond donors (Lipinski definition) is 0. The predicted molar refractivity (Wildman–Crippen MR) is 278 cm³/mol. The van der Waals surface area contributed by atoms with Crippen molar-refractivity contribution in [2.75, 3.05) is 4.90 Å². The topological polar surface area (TPSA) is 13.1 Å². The van der Waals surface area contributed by atoms with E-state index in [2.05, 4.69) is 242 Å². The zero-order valence-corrected chi connectivity index (χ0v) is 37.5. The van der Waals surface area contributed by atoms with Crippen LogP contribution in [-0.2, 0) is 25.9 Å². The van der Waals surface area contributed by atoms with E-state index in [1.807, 2.05) is 0 Å². The zero-order valence-electron chi connectivity index (χ0n) is 37.5. The molecule has 314 valence electrons. The SMILES string of the molecule is CCC1(CC)c2cc(/C=C(/Cc3ccc4c5ccccc5n(C)c4c3)c3ccccc3)ccc2-c2c1cc(N(c1ccccc1)c1ccc3c4ccccc4n(C)c3c1)c1ccccc21. The smallest absolute Gasteiger partial charge is 0.0543 e. The Labute approximate surface area is 381 Å². The Morgan fingerprint density at radius 1 is 0.477 bits per heavy atom. The van der Waals surface area contributed by atoms with Crippen LogP contribution in [0.2, 0.25) is 0 Å². The van der Waals surface area contributed by atoms with Crippen LogP contribution in [0.3, 0.4) is 0 Å². The molecule has 0 atom stereocenters. The van der Waals surface area contributed by atoms with Crippen molar-refractivity contribution in [1.82, 2.24) is 9.13 Å². The second kappa shape index (κ2) is 15.3. The van der Waals surface area contributed by atoms with Crippen LogP contribution < -0.4 is 4.90 Å². The highest BCUT2D eigenvalue weighted by molar-refractivity contribution is 6.13. The molecule has 0 saturated heterocycles. The standard InChI is InChI=1S/C62H51N3/c1-5-62(6-2)54-37-41(35-44(43-19-9-7-10-20-43)36-42-29-32-50-47-23-15-17-27-56(47)63(3)58(50)38-42)30-33-53(54)61-52-26-14-13-25-49(52)60(40-55(61)62)65(45-21-11-8-12-22-45)46-31-34-51-48-24-16-18-28-57(48)64(4)59(51)39-46/h7-35,37-40H,5-6,36H2,1-4H3/b44-35-. The highest BCUT2D eigenvalue weighted by Crippen LogP contribution is 2.57. The number of nitrogens with zero attached hydrogens (tertiary/aromatic N) is 3. The summed E-state index contributed by atoms with van der Waals surface area (Å²) in [5.74, 6) is 0. The predicted octanol–water partition coefficient (Wildman–Crippen LogP) is 16.5. The quantitative estimate of drug-likeness (QED) is 0.132. The Balaban J connectivity index is 1.02. The number of allylic oxidation sites excluding steroid dienone is 1. The van der Waals surface area contributed by atoms with E-state index in [1.165, 1.54) is 105 Å². The molecule has 2 heterocycles. The van der Waals surface area contributed by atoms with E-state index in [4.69, 9.17) is 0 Å². The lowest BCUT2D eigenvalue weighted by Gasteiger charge is -2.33. The van der Waals surface area contributed by atoms with Gasteiger partial charge in [0.2, 0.25) is 0 Å². The van der Waals surface area contributed by atoms with Crippen molar-refractivity contribution in [3.05, 3.63) is 222 Å². The Hall–Kier alpha value is -7.62. The number of aromatic nitrogens is 2. The molecule has 0 unspecified atom stereocenters. The number of anilines is 3. The van der Waals surface area contributed by atoms with E-state index in [9.17, 15) is 0 Å². The summed E-state index contributed by atoms with van der Waals surface area (Å²) in [6.45, 7) is 4.78. The molecule has 0 bridgehead atoms. The summed E-state index contributed by atoms with van der Waals surface area (Å²) in [6.07, 6.45) is 5.28. The van der Waals surface area contributed by atoms with Crippen LogP contribution in [0.1, 0.15) is 54.5 Å². The molecule has 0 amide bonds. The van der Waals surface area contributed by atoms with E-state index in [-0.39, 0.29) is 5.41 Å². The summed E-state index contributed by atoms with van der Waals surface area (Å²) in [4.78, 5) is 2.49.